The Kier molecular flexibility index (Phi) is 3.11. The Morgan fingerprint density at radius 3 is 2.30 bits per heavy atom. The number of allylic oxidation sites excluding steroid dienone is 2. The molecule has 1 aliphatic rings. The van der Waals surface area contributed by atoms with Crippen molar-refractivity contribution >= 4 is 22.3 Å². The van der Waals surface area contributed by atoms with Crippen molar-refractivity contribution < 1.29 is 14.3 Å². The summed E-state index contributed by atoms with van der Waals surface area (Å²) in [6, 6.07) is 11.2. The minimum atomic E-state index is -0.209. The van der Waals surface area contributed by atoms with E-state index in [2.05, 4.69) is 0 Å². The second-order valence-corrected chi connectivity index (χ2v) is 4.80. The Balaban J connectivity index is 2.11. The molecule has 1 aliphatic carbocycles. The summed E-state index contributed by atoms with van der Waals surface area (Å²) in [5, 5.41) is 1.91. The van der Waals surface area contributed by atoms with Crippen molar-refractivity contribution in [1.82, 2.24) is 0 Å². The highest BCUT2D eigenvalue weighted by Crippen LogP contribution is 2.27. The molecule has 0 bridgehead atoms. The Labute approximate surface area is 116 Å². The van der Waals surface area contributed by atoms with Gasteiger partial charge in [0.25, 0.3) is 0 Å². The van der Waals surface area contributed by atoms with E-state index in [0.717, 1.165) is 17.2 Å². The van der Waals surface area contributed by atoms with Gasteiger partial charge >= 0.3 is 0 Å². The molecule has 0 amide bonds. The van der Waals surface area contributed by atoms with Crippen molar-refractivity contribution in [2.75, 3.05) is 6.61 Å². The average Bonchev–Trinajstić information content (AvgIpc) is 2.48. The van der Waals surface area contributed by atoms with Gasteiger partial charge in [0.2, 0.25) is 5.78 Å². The summed E-state index contributed by atoms with van der Waals surface area (Å²) in [4.78, 5) is 24.5. The van der Waals surface area contributed by atoms with Crippen LogP contribution in [0.2, 0.25) is 0 Å². The molecule has 2 aromatic rings. The molecule has 100 valence electrons. The lowest BCUT2D eigenvalue weighted by Gasteiger charge is -2.16. The SMILES string of the molecule is CCCOC1=CC(=O)c2cc3ccccc3cc2C1=O. The van der Waals surface area contributed by atoms with E-state index in [0.29, 0.717) is 17.7 Å². The summed E-state index contributed by atoms with van der Waals surface area (Å²) in [5.74, 6) is -0.227. The summed E-state index contributed by atoms with van der Waals surface area (Å²) < 4.78 is 5.37. The van der Waals surface area contributed by atoms with E-state index in [-0.39, 0.29) is 17.3 Å². The fourth-order valence-corrected chi connectivity index (χ4v) is 2.35. The molecule has 3 rings (SSSR count). The highest BCUT2D eigenvalue weighted by Gasteiger charge is 2.27. The number of hydrogen-bond donors (Lipinski definition) is 0. The van der Waals surface area contributed by atoms with Gasteiger partial charge in [0.1, 0.15) is 0 Å². The minimum absolute atomic E-state index is 0.152. The van der Waals surface area contributed by atoms with Gasteiger partial charge in [-0.1, -0.05) is 31.2 Å². The number of carbonyl (C=O) groups is 2. The number of carbonyl (C=O) groups excluding carboxylic acids is 2. The third kappa shape index (κ3) is 2.01. The van der Waals surface area contributed by atoms with Crippen LogP contribution in [0.1, 0.15) is 34.1 Å². The van der Waals surface area contributed by atoms with Crippen molar-refractivity contribution in [2.24, 2.45) is 0 Å². The first-order valence-electron chi connectivity index (χ1n) is 6.67. The molecule has 0 spiro atoms. The first kappa shape index (κ1) is 12.6. The van der Waals surface area contributed by atoms with E-state index in [1.807, 2.05) is 31.2 Å². The van der Waals surface area contributed by atoms with Gasteiger partial charge in [-0.15, -0.1) is 0 Å². The smallest absolute Gasteiger partial charge is 0.228 e. The number of ether oxygens (including phenoxy) is 1. The molecule has 0 aromatic heterocycles. The summed E-state index contributed by atoms with van der Waals surface area (Å²) in [6.45, 7) is 2.39. The Morgan fingerprint density at radius 2 is 1.65 bits per heavy atom. The van der Waals surface area contributed by atoms with Gasteiger partial charge in [0, 0.05) is 17.2 Å². The number of hydrogen-bond acceptors (Lipinski definition) is 3. The van der Waals surface area contributed by atoms with Gasteiger partial charge in [0.15, 0.2) is 11.5 Å². The molecule has 3 nitrogen and oxygen atoms in total. The molecule has 0 unspecified atom stereocenters. The molecule has 0 radical (unpaired) electrons. The van der Waals surface area contributed by atoms with E-state index < -0.39 is 0 Å². The second-order valence-electron chi connectivity index (χ2n) is 4.80. The van der Waals surface area contributed by atoms with Gasteiger partial charge in [-0.3, -0.25) is 9.59 Å². The van der Waals surface area contributed by atoms with Gasteiger partial charge in [-0.25, -0.2) is 0 Å². The molecule has 0 saturated carbocycles. The van der Waals surface area contributed by atoms with Crippen LogP contribution in [0.5, 0.6) is 0 Å². The molecule has 0 fully saturated rings. The zero-order valence-electron chi connectivity index (χ0n) is 11.2. The number of rotatable bonds is 3. The third-order valence-electron chi connectivity index (χ3n) is 3.34. The Morgan fingerprint density at radius 1 is 1.00 bits per heavy atom. The number of Topliss-reactive ketones (excluding diaryl/α,β-unsaturated/α-hetero) is 1. The topological polar surface area (TPSA) is 43.4 Å². The summed E-state index contributed by atoms with van der Waals surface area (Å²) >= 11 is 0. The van der Waals surface area contributed by atoms with E-state index in [1.165, 1.54) is 6.08 Å². The second kappa shape index (κ2) is 4.93. The molecule has 2 aromatic carbocycles. The van der Waals surface area contributed by atoms with Crippen molar-refractivity contribution in [3.8, 4) is 0 Å². The molecular formula is C17H14O3. The standard InChI is InChI=1S/C17H14O3/c1-2-7-20-16-10-15(18)13-8-11-5-3-4-6-12(11)9-14(13)17(16)19/h3-6,8-10H,2,7H2,1H3. The number of fused-ring (bicyclic) bond motifs is 2. The predicted octanol–water partition coefficient (Wildman–Crippen LogP) is 3.53. The molecule has 0 saturated heterocycles. The van der Waals surface area contributed by atoms with Crippen LogP contribution in [-0.2, 0) is 4.74 Å². The van der Waals surface area contributed by atoms with Crippen molar-refractivity contribution in [1.29, 1.82) is 0 Å². The largest absolute Gasteiger partial charge is 0.489 e. The highest BCUT2D eigenvalue weighted by molar-refractivity contribution is 6.25. The van der Waals surface area contributed by atoms with Gasteiger partial charge in [0.05, 0.1) is 6.61 Å². The first-order valence-corrected chi connectivity index (χ1v) is 6.67. The predicted molar refractivity (Wildman–Crippen MR) is 76.9 cm³/mol. The van der Waals surface area contributed by atoms with Crippen LogP contribution in [-0.4, -0.2) is 18.2 Å². The van der Waals surface area contributed by atoms with Gasteiger partial charge in [-0.2, -0.15) is 0 Å². The Hall–Kier alpha value is -2.42. The maximum Gasteiger partial charge on any atom is 0.228 e. The summed E-state index contributed by atoms with van der Waals surface area (Å²) in [7, 11) is 0. The molecular weight excluding hydrogens is 252 g/mol. The molecule has 0 atom stereocenters. The number of benzene rings is 2. The lowest BCUT2D eigenvalue weighted by Crippen LogP contribution is -2.19. The molecule has 0 aliphatic heterocycles. The monoisotopic (exact) mass is 266 g/mol. The van der Waals surface area contributed by atoms with Crippen LogP contribution in [0.15, 0.2) is 48.2 Å². The average molecular weight is 266 g/mol. The zero-order valence-corrected chi connectivity index (χ0v) is 11.2. The van der Waals surface area contributed by atoms with Crippen LogP contribution in [0.25, 0.3) is 10.8 Å². The van der Waals surface area contributed by atoms with Crippen molar-refractivity contribution in [3.05, 3.63) is 59.4 Å². The van der Waals surface area contributed by atoms with E-state index in [9.17, 15) is 9.59 Å². The summed E-state index contributed by atoms with van der Waals surface area (Å²) in [5.41, 5.74) is 0.889. The van der Waals surface area contributed by atoms with E-state index in [1.54, 1.807) is 12.1 Å². The lowest BCUT2D eigenvalue weighted by molar-refractivity contribution is 0.0883. The van der Waals surface area contributed by atoms with Crippen LogP contribution in [0.4, 0.5) is 0 Å². The maximum atomic E-state index is 12.4. The fourth-order valence-electron chi connectivity index (χ4n) is 2.35. The molecule has 0 heterocycles. The zero-order chi connectivity index (χ0) is 14.1. The molecule has 20 heavy (non-hydrogen) atoms. The van der Waals surface area contributed by atoms with Crippen LogP contribution in [0, 0.1) is 0 Å². The van der Waals surface area contributed by atoms with E-state index >= 15 is 0 Å². The van der Waals surface area contributed by atoms with Gasteiger partial charge < -0.3 is 4.74 Å². The first-order chi connectivity index (χ1) is 9.70. The fraction of sp³-hybridized carbons (Fsp3) is 0.176. The van der Waals surface area contributed by atoms with Crippen LogP contribution in [0.3, 0.4) is 0 Å². The Bertz CT molecular complexity index is 741. The highest BCUT2D eigenvalue weighted by atomic mass is 16.5. The molecule has 0 N–H and O–H groups in total. The van der Waals surface area contributed by atoms with E-state index in [4.69, 9.17) is 4.74 Å². The lowest BCUT2D eigenvalue weighted by atomic mass is 9.90. The number of ketones is 2. The third-order valence-corrected chi connectivity index (χ3v) is 3.34. The normalized spacial score (nSPS) is 14.2. The van der Waals surface area contributed by atoms with Crippen molar-refractivity contribution in [2.45, 2.75) is 13.3 Å². The van der Waals surface area contributed by atoms with Crippen LogP contribution >= 0.6 is 0 Å². The quantitative estimate of drug-likeness (QED) is 0.853. The maximum absolute atomic E-state index is 12.4. The van der Waals surface area contributed by atoms with Gasteiger partial charge in [-0.05, 0) is 29.3 Å². The molecule has 3 heteroatoms. The van der Waals surface area contributed by atoms with Crippen LogP contribution < -0.4 is 0 Å². The summed E-state index contributed by atoms with van der Waals surface area (Å²) in [6.07, 6.45) is 2.10. The minimum Gasteiger partial charge on any atom is -0.489 e. The van der Waals surface area contributed by atoms with Crippen molar-refractivity contribution in [3.63, 3.8) is 0 Å².